The van der Waals surface area contributed by atoms with E-state index in [0.717, 1.165) is 30.8 Å². The number of hydrogen-bond acceptors (Lipinski definition) is 6. The smallest absolute Gasteiger partial charge is 0.193 e. The molecule has 0 spiro atoms. The molecule has 3 rings (SSSR count). The quantitative estimate of drug-likeness (QED) is 0.763. The number of piperidine rings is 1. The molecule has 0 saturated carbocycles. The average Bonchev–Trinajstić information content (AvgIpc) is 3.01. The molecule has 4 atom stereocenters. The summed E-state index contributed by atoms with van der Waals surface area (Å²) in [6.45, 7) is 5.77. The van der Waals surface area contributed by atoms with E-state index >= 15 is 0 Å². The molecule has 136 valence electrons. The monoisotopic (exact) mass is 411 g/mol. The SMILES string of the molecule is C[C@@H]1C[C@H](C)CN([C@H]2CS(=O)(=O)C[C@@H]2S(=O)(=O)c2ccc(Cl)s2)C1. The van der Waals surface area contributed by atoms with Gasteiger partial charge in [-0.15, -0.1) is 11.3 Å². The van der Waals surface area contributed by atoms with E-state index in [9.17, 15) is 16.8 Å². The highest BCUT2D eigenvalue weighted by atomic mass is 35.5. The van der Waals surface area contributed by atoms with E-state index < -0.39 is 31.0 Å². The van der Waals surface area contributed by atoms with Gasteiger partial charge in [0.05, 0.1) is 21.1 Å². The van der Waals surface area contributed by atoms with Gasteiger partial charge in [0.1, 0.15) is 4.21 Å². The van der Waals surface area contributed by atoms with Crippen LogP contribution in [0.25, 0.3) is 0 Å². The van der Waals surface area contributed by atoms with Crippen LogP contribution in [0.5, 0.6) is 0 Å². The van der Waals surface area contributed by atoms with Gasteiger partial charge in [0.15, 0.2) is 19.7 Å². The molecule has 2 aliphatic rings. The molecule has 1 aromatic heterocycles. The molecule has 0 unspecified atom stereocenters. The minimum absolute atomic E-state index is 0.0740. The minimum Gasteiger partial charge on any atom is -0.297 e. The second-order valence-corrected chi connectivity index (χ2v) is 13.4. The molecule has 0 N–H and O–H groups in total. The number of thiophene rings is 1. The normalized spacial score (nSPS) is 34.5. The standard InChI is InChI=1S/C15H22ClNO4S3/c1-10-5-11(2)7-17(6-10)12-8-23(18,19)9-13(12)24(20,21)15-4-3-14(16)22-15/h3-4,10-13H,5-9H2,1-2H3/t10-,11+,12-,13-/m0/s1. The fraction of sp³-hybridized carbons (Fsp3) is 0.733. The Balaban J connectivity index is 1.95. The molecule has 1 aromatic rings. The van der Waals surface area contributed by atoms with Crippen LogP contribution in [-0.2, 0) is 19.7 Å². The number of nitrogens with zero attached hydrogens (tertiary/aromatic N) is 1. The molecule has 0 aliphatic carbocycles. The van der Waals surface area contributed by atoms with Crippen LogP contribution in [0, 0.1) is 11.8 Å². The first-order valence-corrected chi connectivity index (χ1v) is 12.6. The van der Waals surface area contributed by atoms with Gasteiger partial charge < -0.3 is 0 Å². The second-order valence-electron chi connectivity index (χ2n) is 7.19. The molecule has 2 aliphatic heterocycles. The van der Waals surface area contributed by atoms with E-state index in [4.69, 9.17) is 11.6 Å². The summed E-state index contributed by atoms with van der Waals surface area (Å²) in [7, 11) is -7.07. The Bertz CT molecular complexity index is 808. The van der Waals surface area contributed by atoms with Crippen LogP contribution < -0.4 is 0 Å². The van der Waals surface area contributed by atoms with Gasteiger partial charge in [-0.2, -0.15) is 0 Å². The summed E-state index contributed by atoms with van der Waals surface area (Å²) in [4.78, 5) is 2.08. The van der Waals surface area contributed by atoms with Crippen LogP contribution in [-0.4, -0.2) is 57.6 Å². The van der Waals surface area contributed by atoms with Crippen molar-refractivity contribution < 1.29 is 16.8 Å². The zero-order valence-electron chi connectivity index (χ0n) is 13.7. The lowest BCUT2D eigenvalue weighted by atomic mass is 9.91. The van der Waals surface area contributed by atoms with Crippen LogP contribution in [0.15, 0.2) is 16.3 Å². The maximum Gasteiger partial charge on any atom is 0.193 e. The summed E-state index contributed by atoms with van der Waals surface area (Å²) in [5, 5.41) is -0.908. The lowest BCUT2D eigenvalue weighted by Gasteiger charge is -2.40. The lowest BCUT2D eigenvalue weighted by Crippen LogP contribution is -2.51. The summed E-state index contributed by atoms with van der Waals surface area (Å²) in [6.07, 6.45) is 1.09. The molecule has 0 radical (unpaired) electrons. The van der Waals surface area contributed by atoms with E-state index in [0.29, 0.717) is 16.2 Å². The molecule has 0 aromatic carbocycles. The Hall–Kier alpha value is -0.150. The van der Waals surface area contributed by atoms with Gasteiger partial charge in [-0.05, 0) is 30.4 Å². The third-order valence-electron chi connectivity index (χ3n) is 4.87. The molecule has 5 nitrogen and oxygen atoms in total. The molecule has 24 heavy (non-hydrogen) atoms. The summed E-state index contributed by atoms with van der Waals surface area (Å²) in [5.41, 5.74) is 0. The number of likely N-dealkylation sites (tertiary alicyclic amines) is 1. The second kappa shape index (κ2) is 6.54. The van der Waals surface area contributed by atoms with E-state index in [1.54, 1.807) is 6.07 Å². The van der Waals surface area contributed by atoms with Crippen molar-refractivity contribution in [2.45, 2.75) is 35.8 Å². The highest BCUT2D eigenvalue weighted by Gasteiger charge is 2.49. The molecule has 2 saturated heterocycles. The van der Waals surface area contributed by atoms with Crippen LogP contribution in [0.1, 0.15) is 20.3 Å². The summed E-state index contributed by atoms with van der Waals surface area (Å²) < 4.78 is 51.0. The average molecular weight is 412 g/mol. The first-order valence-electron chi connectivity index (χ1n) is 8.02. The van der Waals surface area contributed by atoms with Gasteiger partial charge in [0.25, 0.3) is 0 Å². The minimum atomic E-state index is -3.71. The first-order chi connectivity index (χ1) is 11.1. The largest absolute Gasteiger partial charge is 0.297 e. The third kappa shape index (κ3) is 3.67. The van der Waals surface area contributed by atoms with Crippen molar-refractivity contribution in [1.29, 1.82) is 0 Å². The van der Waals surface area contributed by atoms with Crippen molar-refractivity contribution in [1.82, 2.24) is 4.90 Å². The van der Waals surface area contributed by atoms with E-state index in [1.807, 2.05) is 0 Å². The first kappa shape index (κ1) is 18.6. The van der Waals surface area contributed by atoms with Gasteiger partial charge in [0, 0.05) is 19.1 Å². The highest BCUT2D eigenvalue weighted by Crippen LogP contribution is 2.35. The van der Waals surface area contributed by atoms with Crippen molar-refractivity contribution in [2.75, 3.05) is 24.6 Å². The van der Waals surface area contributed by atoms with Crippen molar-refractivity contribution in [3.63, 3.8) is 0 Å². The number of hydrogen-bond donors (Lipinski definition) is 0. The molecule has 9 heteroatoms. The van der Waals surface area contributed by atoms with Crippen LogP contribution >= 0.6 is 22.9 Å². The van der Waals surface area contributed by atoms with Crippen molar-refractivity contribution in [2.24, 2.45) is 11.8 Å². The molecule has 2 fully saturated rings. The zero-order chi connectivity index (χ0) is 17.7. The van der Waals surface area contributed by atoms with E-state index in [-0.39, 0.29) is 15.7 Å². The highest BCUT2D eigenvalue weighted by molar-refractivity contribution is 7.97. The maximum absolute atomic E-state index is 13.0. The fourth-order valence-corrected chi connectivity index (χ4v) is 10.6. The summed E-state index contributed by atoms with van der Waals surface area (Å²) in [6, 6.07) is 2.56. The molecular weight excluding hydrogens is 390 g/mol. The van der Waals surface area contributed by atoms with Crippen LogP contribution in [0.4, 0.5) is 0 Å². The Kier molecular flexibility index (Phi) is 5.08. The van der Waals surface area contributed by atoms with Crippen molar-refractivity contribution in [3.05, 3.63) is 16.5 Å². The van der Waals surface area contributed by atoms with Gasteiger partial charge >= 0.3 is 0 Å². The predicted octanol–water partition coefficient (Wildman–Crippen LogP) is 2.32. The number of rotatable bonds is 3. The lowest BCUT2D eigenvalue weighted by molar-refractivity contribution is 0.107. The van der Waals surface area contributed by atoms with Gasteiger partial charge in [-0.1, -0.05) is 25.4 Å². The van der Waals surface area contributed by atoms with Crippen LogP contribution in [0.2, 0.25) is 4.34 Å². The van der Waals surface area contributed by atoms with Crippen LogP contribution in [0.3, 0.4) is 0 Å². The Morgan fingerprint density at radius 3 is 2.33 bits per heavy atom. The van der Waals surface area contributed by atoms with Gasteiger partial charge in [-0.3, -0.25) is 4.90 Å². The topological polar surface area (TPSA) is 71.5 Å². The van der Waals surface area contributed by atoms with Gasteiger partial charge in [-0.25, -0.2) is 16.8 Å². The Morgan fingerprint density at radius 2 is 1.79 bits per heavy atom. The Morgan fingerprint density at radius 1 is 1.17 bits per heavy atom. The predicted molar refractivity (Wildman–Crippen MR) is 97.3 cm³/mol. The summed E-state index contributed by atoms with van der Waals surface area (Å²) in [5.74, 6) is 0.512. The van der Waals surface area contributed by atoms with E-state index in [2.05, 4.69) is 18.7 Å². The number of sulfone groups is 2. The third-order valence-corrected chi connectivity index (χ3v) is 10.7. The van der Waals surface area contributed by atoms with Crippen molar-refractivity contribution in [3.8, 4) is 0 Å². The molecule has 3 heterocycles. The Labute approximate surface area is 152 Å². The van der Waals surface area contributed by atoms with Crippen molar-refractivity contribution >= 4 is 42.6 Å². The zero-order valence-corrected chi connectivity index (χ0v) is 16.9. The fourth-order valence-electron chi connectivity index (χ4n) is 4.02. The molecule has 0 amide bonds. The van der Waals surface area contributed by atoms with E-state index in [1.165, 1.54) is 6.07 Å². The maximum atomic E-state index is 13.0. The molecular formula is C15H22ClNO4S3. The summed E-state index contributed by atoms with van der Waals surface area (Å²) >= 11 is 6.87. The van der Waals surface area contributed by atoms with Gasteiger partial charge in [0.2, 0.25) is 0 Å². The number of halogens is 1. The molecule has 0 bridgehead atoms.